The monoisotopic (exact) mass is 260 g/mol. The summed E-state index contributed by atoms with van der Waals surface area (Å²) in [6, 6.07) is 8.96. The van der Waals surface area contributed by atoms with Gasteiger partial charge in [-0.3, -0.25) is 4.90 Å². The zero-order chi connectivity index (χ0) is 13.9. The Balaban J connectivity index is 2.06. The largest absolute Gasteiger partial charge is 0.330 e. The predicted molar refractivity (Wildman–Crippen MR) is 82.2 cm³/mol. The van der Waals surface area contributed by atoms with Crippen LogP contribution in [0.2, 0.25) is 0 Å². The van der Waals surface area contributed by atoms with Gasteiger partial charge < -0.3 is 5.73 Å². The normalized spacial score (nSPS) is 16.1. The molecule has 106 valence electrons. The first-order chi connectivity index (χ1) is 9.05. The van der Waals surface area contributed by atoms with Crippen LogP contribution in [0.1, 0.15) is 50.7 Å². The molecule has 1 aromatic carbocycles. The van der Waals surface area contributed by atoms with E-state index in [0.29, 0.717) is 0 Å². The van der Waals surface area contributed by atoms with E-state index in [2.05, 4.69) is 49.9 Å². The Labute approximate surface area is 118 Å². The topological polar surface area (TPSA) is 29.3 Å². The summed E-state index contributed by atoms with van der Waals surface area (Å²) in [6.45, 7) is 10.7. The smallest absolute Gasteiger partial charge is 0.0236 e. The summed E-state index contributed by atoms with van der Waals surface area (Å²) in [6.07, 6.45) is 2.74. The molecule has 2 N–H and O–H groups in total. The molecule has 0 atom stereocenters. The lowest BCUT2D eigenvalue weighted by Gasteiger charge is -2.31. The van der Waals surface area contributed by atoms with Crippen LogP contribution < -0.4 is 5.73 Å². The zero-order valence-electron chi connectivity index (χ0n) is 12.7. The fourth-order valence-corrected chi connectivity index (χ4v) is 2.66. The highest BCUT2D eigenvalue weighted by molar-refractivity contribution is 5.33. The minimum atomic E-state index is 0.199. The molecule has 1 aromatic rings. The van der Waals surface area contributed by atoms with Gasteiger partial charge in [0.15, 0.2) is 0 Å². The predicted octanol–water partition coefficient (Wildman–Crippen LogP) is 3.37. The van der Waals surface area contributed by atoms with Crippen molar-refractivity contribution in [2.45, 2.75) is 46.1 Å². The quantitative estimate of drug-likeness (QED) is 0.814. The van der Waals surface area contributed by atoms with Gasteiger partial charge in [0.1, 0.15) is 0 Å². The first-order valence-electron chi connectivity index (χ1n) is 7.56. The van der Waals surface area contributed by atoms with Crippen molar-refractivity contribution in [3.05, 3.63) is 35.4 Å². The Morgan fingerprint density at radius 1 is 1.26 bits per heavy atom. The maximum Gasteiger partial charge on any atom is 0.0236 e. The summed E-state index contributed by atoms with van der Waals surface area (Å²) in [5.41, 5.74) is 9.15. The fraction of sp³-hybridized carbons (Fsp3) is 0.647. The molecular weight excluding hydrogens is 232 g/mol. The third kappa shape index (κ3) is 4.05. The lowest BCUT2D eigenvalue weighted by atomic mass is 9.92. The van der Waals surface area contributed by atoms with Crippen LogP contribution in [0.4, 0.5) is 0 Å². The van der Waals surface area contributed by atoms with Gasteiger partial charge in [-0.1, -0.05) is 45.0 Å². The van der Waals surface area contributed by atoms with Gasteiger partial charge >= 0.3 is 0 Å². The maximum atomic E-state index is 5.86. The minimum Gasteiger partial charge on any atom is -0.330 e. The van der Waals surface area contributed by atoms with Crippen LogP contribution in [0.5, 0.6) is 0 Å². The van der Waals surface area contributed by atoms with Crippen molar-refractivity contribution < 1.29 is 0 Å². The van der Waals surface area contributed by atoms with Crippen LogP contribution in [-0.4, -0.2) is 24.5 Å². The average molecular weight is 260 g/mol. The van der Waals surface area contributed by atoms with Crippen LogP contribution in [0.3, 0.4) is 0 Å². The van der Waals surface area contributed by atoms with Gasteiger partial charge in [-0.05, 0) is 48.4 Å². The molecule has 1 aliphatic rings. The summed E-state index contributed by atoms with van der Waals surface area (Å²) in [5, 5.41) is 0. The molecule has 0 unspecified atom stereocenters. The zero-order valence-corrected chi connectivity index (χ0v) is 12.7. The molecule has 2 rings (SSSR count). The lowest BCUT2D eigenvalue weighted by Crippen LogP contribution is -2.38. The summed E-state index contributed by atoms with van der Waals surface area (Å²) < 4.78 is 0. The van der Waals surface area contributed by atoms with Crippen molar-refractivity contribution in [3.8, 4) is 0 Å². The molecule has 2 heteroatoms. The molecular formula is C17H28N2. The fourth-order valence-electron chi connectivity index (χ4n) is 2.66. The molecule has 0 spiro atoms. The lowest BCUT2D eigenvalue weighted by molar-refractivity contribution is 0.183. The maximum absolute atomic E-state index is 5.86. The molecule has 2 nitrogen and oxygen atoms in total. The summed E-state index contributed by atoms with van der Waals surface area (Å²) in [4.78, 5) is 2.52. The highest BCUT2D eigenvalue weighted by atomic mass is 15.1. The second-order valence-corrected chi connectivity index (χ2v) is 6.64. The van der Waals surface area contributed by atoms with E-state index in [1.807, 2.05) is 0 Å². The molecule has 0 bridgehead atoms. The summed E-state index contributed by atoms with van der Waals surface area (Å²) >= 11 is 0. The molecule has 0 amide bonds. The highest BCUT2D eigenvalue weighted by Crippen LogP contribution is 2.41. The molecule has 0 radical (unpaired) electrons. The van der Waals surface area contributed by atoms with E-state index in [4.69, 9.17) is 5.73 Å². The summed E-state index contributed by atoms with van der Waals surface area (Å²) in [5.74, 6) is 0.831. The molecule has 0 aliphatic heterocycles. The van der Waals surface area contributed by atoms with E-state index < -0.39 is 0 Å². The van der Waals surface area contributed by atoms with Gasteiger partial charge in [-0.2, -0.15) is 0 Å². The number of rotatable bonds is 7. The molecule has 0 saturated heterocycles. The third-order valence-corrected chi connectivity index (χ3v) is 4.12. The van der Waals surface area contributed by atoms with Crippen LogP contribution in [-0.2, 0) is 6.54 Å². The van der Waals surface area contributed by atoms with E-state index in [0.717, 1.165) is 32.1 Å². The van der Waals surface area contributed by atoms with Crippen LogP contribution >= 0.6 is 0 Å². The number of nitrogens with two attached hydrogens (primary N) is 1. The van der Waals surface area contributed by atoms with Gasteiger partial charge in [0, 0.05) is 13.1 Å². The highest BCUT2D eigenvalue weighted by Gasteiger charge is 2.26. The van der Waals surface area contributed by atoms with Crippen molar-refractivity contribution in [1.29, 1.82) is 0 Å². The second-order valence-electron chi connectivity index (χ2n) is 6.64. The van der Waals surface area contributed by atoms with Gasteiger partial charge in [0.05, 0.1) is 0 Å². The van der Waals surface area contributed by atoms with E-state index >= 15 is 0 Å². The molecule has 19 heavy (non-hydrogen) atoms. The van der Waals surface area contributed by atoms with Crippen LogP contribution in [0.15, 0.2) is 24.3 Å². The van der Waals surface area contributed by atoms with Gasteiger partial charge in [-0.25, -0.2) is 0 Å². The Bertz CT molecular complexity index is 407. The first kappa shape index (κ1) is 14.5. The second kappa shape index (κ2) is 6.06. The van der Waals surface area contributed by atoms with E-state index in [9.17, 15) is 0 Å². The third-order valence-electron chi connectivity index (χ3n) is 4.12. The van der Waals surface area contributed by atoms with Crippen molar-refractivity contribution in [2.24, 2.45) is 11.1 Å². The minimum absolute atomic E-state index is 0.199. The molecule has 0 heterocycles. The van der Waals surface area contributed by atoms with E-state index in [-0.39, 0.29) is 5.41 Å². The number of hydrogen-bond donors (Lipinski definition) is 1. The van der Waals surface area contributed by atoms with Crippen molar-refractivity contribution in [2.75, 3.05) is 19.6 Å². The number of nitrogens with zero attached hydrogens (tertiary/aromatic N) is 1. The molecule has 1 fully saturated rings. The Hall–Kier alpha value is -0.860. The van der Waals surface area contributed by atoms with Crippen molar-refractivity contribution >= 4 is 0 Å². The molecule has 0 aromatic heterocycles. The average Bonchev–Trinajstić information content (AvgIpc) is 3.22. The number of benzene rings is 1. The first-order valence-corrected chi connectivity index (χ1v) is 7.56. The Kier molecular flexibility index (Phi) is 4.64. The van der Waals surface area contributed by atoms with E-state index in [1.165, 1.54) is 18.4 Å². The molecule has 1 saturated carbocycles. The van der Waals surface area contributed by atoms with Crippen LogP contribution in [0, 0.1) is 5.41 Å². The van der Waals surface area contributed by atoms with Gasteiger partial charge in [0.2, 0.25) is 0 Å². The standard InChI is InChI=1S/C17H28N2/c1-4-19(13-17(2,3)12-18)11-15-7-5-6-8-16(15)14-9-10-14/h5-8,14H,4,9-13,18H2,1-3H3. The van der Waals surface area contributed by atoms with E-state index in [1.54, 1.807) is 5.56 Å². The van der Waals surface area contributed by atoms with Crippen LogP contribution in [0.25, 0.3) is 0 Å². The molecule has 1 aliphatic carbocycles. The number of hydrogen-bond acceptors (Lipinski definition) is 2. The van der Waals surface area contributed by atoms with Gasteiger partial charge in [0.25, 0.3) is 0 Å². The van der Waals surface area contributed by atoms with Crippen molar-refractivity contribution in [3.63, 3.8) is 0 Å². The van der Waals surface area contributed by atoms with Crippen molar-refractivity contribution in [1.82, 2.24) is 4.90 Å². The Morgan fingerprint density at radius 3 is 2.53 bits per heavy atom. The Morgan fingerprint density at radius 2 is 1.95 bits per heavy atom. The SMILES string of the molecule is CCN(Cc1ccccc1C1CC1)CC(C)(C)CN. The summed E-state index contributed by atoms with van der Waals surface area (Å²) in [7, 11) is 0. The van der Waals surface area contributed by atoms with Gasteiger partial charge in [-0.15, -0.1) is 0 Å².